The molecule has 1 atom stereocenters. The highest BCUT2D eigenvalue weighted by molar-refractivity contribution is 7.91. The Morgan fingerprint density at radius 3 is 1.78 bits per heavy atom. The van der Waals surface area contributed by atoms with Crippen molar-refractivity contribution in [3.8, 4) is 0 Å². The van der Waals surface area contributed by atoms with Crippen LogP contribution in [-0.2, 0) is 10.0 Å². The predicted octanol–water partition coefficient (Wildman–Crippen LogP) is 4.28. The molecule has 1 heterocycles. The SMILES string of the molecule is CCC(C)/C(=N\S(=O)(=O)C(F)(F)C(F)(F)C(F)(F)C(F)(F)F)N1CCCC1. The summed E-state index contributed by atoms with van der Waals surface area (Å²) in [6.07, 6.45) is -5.96. The van der Waals surface area contributed by atoms with Crippen LogP contribution < -0.4 is 0 Å². The molecule has 14 heteroatoms. The Bertz CT molecular complexity index is 668. The maximum atomic E-state index is 13.8. The Kier molecular flexibility index (Phi) is 6.46. The number of nitrogens with zero attached hydrogens (tertiary/aromatic N) is 2. The molecule has 27 heavy (non-hydrogen) atoms. The molecule has 1 rings (SSSR count). The number of halogens is 9. The van der Waals surface area contributed by atoms with E-state index in [1.165, 1.54) is 18.7 Å². The van der Waals surface area contributed by atoms with Crippen LogP contribution in [0.4, 0.5) is 39.5 Å². The monoisotopic (exact) mass is 436 g/mol. The number of alkyl halides is 9. The largest absolute Gasteiger partial charge is 0.460 e. The van der Waals surface area contributed by atoms with Crippen LogP contribution in [0.1, 0.15) is 33.1 Å². The van der Waals surface area contributed by atoms with E-state index in [0.717, 1.165) is 0 Å². The Hall–Kier alpha value is -1.21. The fraction of sp³-hybridized carbons (Fsp3) is 0.923. The van der Waals surface area contributed by atoms with Crippen molar-refractivity contribution in [1.82, 2.24) is 4.90 Å². The number of likely N-dealkylation sites (tertiary alicyclic amines) is 1. The van der Waals surface area contributed by atoms with Gasteiger partial charge in [0.05, 0.1) is 0 Å². The molecule has 1 saturated heterocycles. The number of hydrogen-bond acceptors (Lipinski definition) is 2. The Labute approximate surface area is 149 Å². The van der Waals surface area contributed by atoms with Gasteiger partial charge in [0.25, 0.3) is 0 Å². The highest BCUT2D eigenvalue weighted by Crippen LogP contribution is 2.55. The van der Waals surface area contributed by atoms with E-state index >= 15 is 0 Å². The summed E-state index contributed by atoms with van der Waals surface area (Å²) in [5, 5.41) is -6.79. The van der Waals surface area contributed by atoms with Crippen LogP contribution in [0.2, 0.25) is 0 Å². The van der Waals surface area contributed by atoms with Gasteiger partial charge in [-0.05, 0) is 19.3 Å². The standard InChI is InChI=1S/C13H17F9N2O2S/c1-3-8(2)9(24-6-4-5-7-24)23-27(25,26)13(21,22)11(16,17)10(14,15)12(18,19)20/h8H,3-7H2,1-2H3/b23-9+. The molecule has 0 N–H and O–H groups in total. The van der Waals surface area contributed by atoms with Crippen molar-refractivity contribution in [2.75, 3.05) is 13.1 Å². The van der Waals surface area contributed by atoms with Crippen molar-refractivity contribution in [2.24, 2.45) is 10.3 Å². The van der Waals surface area contributed by atoms with E-state index in [-0.39, 0.29) is 19.5 Å². The Morgan fingerprint density at radius 1 is 0.963 bits per heavy atom. The quantitative estimate of drug-likeness (QED) is 0.355. The first-order valence-electron chi connectivity index (χ1n) is 7.73. The fourth-order valence-corrected chi connectivity index (χ4v) is 3.40. The lowest BCUT2D eigenvalue weighted by molar-refractivity contribution is -0.382. The van der Waals surface area contributed by atoms with Gasteiger partial charge in [-0.25, -0.2) is 0 Å². The molecule has 0 aromatic rings. The van der Waals surface area contributed by atoms with E-state index in [2.05, 4.69) is 4.40 Å². The first-order chi connectivity index (χ1) is 11.9. The lowest BCUT2D eigenvalue weighted by atomic mass is 10.1. The maximum absolute atomic E-state index is 13.8. The maximum Gasteiger partial charge on any atom is 0.460 e. The summed E-state index contributed by atoms with van der Waals surface area (Å²) in [4.78, 5) is 1.20. The van der Waals surface area contributed by atoms with E-state index in [9.17, 15) is 47.9 Å². The van der Waals surface area contributed by atoms with Crippen LogP contribution in [0.25, 0.3) is 0 Å². The number of amidine groups is 1. The minimum Gasteiger partial charge on any atom is -0.359 e. The number of sulfonamides is 1. The second-order valence-electron chi connectivity index (χ2n) is 6.09. The van der Waals surface area contributed by atoms with Crippen molar-refractivity contribution >= 4 is 15.9 Å². The summed E-state index contributed by atoms with van der Waals surface area (Å²) < 4.78 is 143. The third-order valence-electron chi connectivity index (χ3n) is 4.14. The van der Waals surface area contributed by atoms with Gasteiger partial charge in [-0.15, -0.1) is 4.40 Å². The molecule has 0 spiro atoms. The summed E-state index contributed by atoms with van der Waals surface area (Å²) in [5.41, 5.74) is 0. The van der Waals surface area contributed by atoms with E-state index in [1.807, 2.05) is 0 Å². The van der Waals surface area contributed by atoms with Gasteiger partial charge in [0.1, 0.15) is 5.84 Å². The van der Waals surface area contributed by atoms with E-state index in [4.69, 9.17) is 0 Å². The fourth-order valence-electron chi connectivity index (χ4n) is 2.29. The molecule has 160 valence electrons. The third-order valence-corrected chi connectivity index (χ3v) is 5.47. The van der Waals surface area contributed by atoms with Gasteiger partial charge in [0, 0.05) is 19.0 Å². The molecule has 0 radical (unpaired) electrons. The molecule has 0 aliphatic carbocycles. The van der Waals surface area contributed by atoms with Gasteiger partial charge in [0.2, 0.25) is 0 Å². The molecule has 0 bridgehead atoms. The average molecular weight is 436 g/mol. The van der Waals surface area contributed by atoms with Crippen LogP contribution in [0.15, 0.2) is 4.40 Å². The molecular formula is C13H17F9N2O2S. The van der Waals surface area contributed by atoms with Crippen molar-refractivity contribution in [3.05, 3.63) is 0 Å². The van der Waals surface area contributed by atoms with Crippen LogP contribution >= 0.6 is 0 Å². The zero-order valence-electron chi connectivity index (χ0n) is 14.1. The topological polar surface area (TPSA) is 49.7 Å². The minimum absolute atomic E-state index is 0.130. The van der Waals surface area contributed by atoms with Crippen molar-refractivity contribution in [2.45, 2.75) is 56.4 Å². The summed E-state index contributed by atoms with van der Waals surface area (Å²) in [6, 6.07) is 0. The lowest BCUT2D eigenvalue weighted by Gasteiger charge is -2.32. The third kappa shape index (κ3) is 3.99. The van der Waals surface area contributed by atoms with Gasteiger partial charge in [0.15, 0.2) is 0 Å². The molecule has 1 aliphatic heterocycles. The van der Waals surface area contributed by atoms with Crippen molar-refractivity contribution in [1.29, 1.82) is 0 Å². The molecule has 0 aromatic carbocycles. The minimum atomic E-state index is -7.30. The second-order valence-corrected chi connectivity index (χ2v) is 7.74. The smallest absolute Gasteiger partial charge is 0.359 e. The number of hydrogen-bond donors (Lipinski definition) is 0. The first kappa shape index (κ1) is 23.8. The Morgan fingerprint density at radius 2 is 1.41 bits per heavy atom. The van der Waals surface area contributed by atoms with E-state index in [1.54, 1.807) is 0 Å². The van der Waals surface area contributed by atoms with Crippen LogP contribution in [0.5, 0.6) is 0 Å². The van der Waals surface area contributed by atoms with Gasteiger partial charge in [-0.2, -0.15) is 47.9 Å². The molecule has 0 saturated carbocycles. The molecule has 0 amide bonds. The molecule has 0 aromatic heterocycles. The van der Waals surface area contributed by atoms with Gasteiger partial charge < -0.3 is 4.90 Å². The highest BCUT2D eigenvalue weighted by Gasteiger charge is 2.85. The van der Waals surface area contributed by atoms with E-state index in [0.29, 0.717) is 12.8 Å². The van der Waals surface area contributed by atoms with Crippen molar-refractivity contribution in [3.63, 3.8) is 0 Å². The molecule has 1 unspecified atom stereocenters. The normalized spacial score (nSPS) is 19.5. The molecule has 1 aliphatic rings. The molecular weight excluding hydrogens is 419 g/mol. The van der Waals surface area contributed by atoms with Crippen LogP contribution in [-0.4, -0.2) is 55.5 Å². The van der Waals surface area contributed by atoms with Gasteiger partial charge in [-0.3, -0.25) is 0 Å². The average Bonchev–Trinajstić information content (AvgIpc) is 3.04. The zero-order valence-corrected chi connectivity index (χ0v) is 15.0. The summed E-state index contributed by atoms with van der Waals surface area (Å²) in [6.45, 7) is 3.12. The second kappa shape index (κ2) is 7.32. The van der Waals surface area contributed by atoms with Crippen molar-refractivity contribution < 1.29 is 47.9 Å². The molecule has 1 fully saturated rings. The predicted molar refractivity (Wildman–Crippen MR) is 77.5 cm³/mol. The number of rotatable bonds is 6. The Balaban J connectivity index is 3.49. The van der Waals surface area contributed by atoms with Crippen LogP contribution in [0.3, 0.4) is 0 Å². The zero-order chi connectivity index (χ0) is 21.5. The highest BCUT2D eigenvalue weighted by atomic mass is 32.2. The van der Waals surface area contributed by atoms with Crippen LogP contribution in [0, 0.1) is 5.92 Å². The van der Waals surface area contributed by atoms with E-state index < -0.39 is 45.1 Å². The van der Waals surface area contributed by atoms with Gasteiger partial charge >= 0.3 is 33.3 Å². The summed E-state index contributed by atoms with van der Waals surface area (Å²) in [5.74, 6) is -16.0. The summed E-state index contributed by atoms with van der Waals surface area (Å²) in [7, 11) is -6.77. The lowest BCUT2D eigenvalue weighted by Crippen LogP contribution is -2.63. The molecule has 4 nitrogen and oxygen atoms in total. The first-order valence-corrected chi connectivity index (χ1v) is 9.17. The van der Waals surface area contributed by atoms with Gasteiger partial charge in [-0.1, -0.05) is 13.8 Å². The summed E-state index contributed by atoms with van der Waals surface area (Å²) >= 11 is 0.